The summed E-state index contributed by atoms with van der Waals surface area (Å²) in [4.78, 5) is 4.94. The Bertz CT molecular complexity index is 616. The van der Waals surface area contributed by atoms with Crippen LogP contribution in [-0.2, 0) is 13.1 Å². The van der Waals surface area contributed by atoms with E-state index in [0.29, 0.717) is 6.54 Å². The molecule has 0 aliphatic carbocycles. The van der Waals surface area contributed by atoms with Crippen molar-refractivity contribution >= 4 is 0 Å². The van der Waals surface area contributed by atoms with Gasteiger partial charge in [0.15, 0.2) is 0 Å². The molecular formula is C19H25N3. The van der Waals surface area contributed by atoms with Gasteiger partial charge in [-0.3, -0.25) is 4.90 Å². The number of piperazine rings is 1. The first kappa shape index (κ1) is 15.2. The van der Waals surface area contributed by atoms with Crippen molar-refractivity contribution in [3.8, 4) is 11.1 Å². The third-order valence-corrected chi connectivity index (χ3v) is 4.48. The first-order valence-electron chi connectivity index (χ1n) is 8.04. The third kappa shape index (κ3) is 3.55. The maximum absolute atomic E-state index is 5.78. The molecule has 1 fully saturated rings. The Balaban J connectivity index is 1.83. The van der Waals surface area contributed by atoms with Crippen LogP contribution in [0.15, 0.2) is 48.5 Å². The van der Waals surface area contributed by atoms with Gasteiger partial charge in [0.05, 0.1) is 0 Å². The van der Waals surface area contributed by atoms with Crippen molar-refractivity contribution in [2.24, 2.45) is 5.73 Å². The minimum atomic E-state index is 0.592. The molecule has 2 aromatic rings. The maximum Gasteiger partial charge on any atom is 0.0240 e. The number of likely N-dealkylation sites (N-methyl/N-ethyl adjacent to an activating group) is 1. The van der Waals surface area contributed by atoms with E-state index in [-0.39, 0.29) is 0 Å². The highest BCUT2D eigenvalue weighted by Crippen LogP contribution is 2.26. The number of nitrogens with two attached hydrogens (primary N) is 1. The molecule has 1 aliphatic heterocycles. The Morgan fingerprint density at radius 1 is 0.955 bits per heavy atom. The van der Waals surface area contributed by atoms with Gasteiger partial charge in [-0.05, 0) is 35.4 Å². The summed E-state index contributed by atoms with van der Waals surface area (Å²) in [6.45, 7) is 6.22. The normalized spacial score (nSPS) is 16.8. The van der Waals surface area contributed by atoms with E-state index in [9.17, 15) is 0 Å². The van der Waals surface area contributed by atoms with Crippen molar-refractivity contribution in [1.29, 1.82) is 0 Å². The highest BCUT2D eigenvalue weighted by Gasteiger charge is 2.15. The monoisotopic (exact) mass is 295 g/mol. The van der Waals surface area contributed by atoms with E-state index in [0.717, 1.165) is 32.7 Å². The Hall–Kier alpha value is -1.68. The summed E-state index contributed by atoms with van der Waals surface area (Å²) < 4.78 is 0. The van der Waals surface area contributed by atoms with Crippen LogP contribution in [0.5, 0.6) is 0 Å². The molecule has 0 saturated carbocycles. The lowest BCUT2D eigenvalue weighted by atomic mass is 9.97. The predicted octanol–water partition coefficient (Wildman–Crippen LogP) is 2.56. The third-order valence-electron chi connectivity index (χ3n) is 4.48. The molecule has 22 heavy (non-hydrogen) atoms. The molecule has 3 heteroatoms. The van der Waals surface area contributed by atoms with Gasteiger partial charge in [0.1, 0.15) is 0 Å². The second-order valence-electron chi connectivity index (χ2n) is 6.14. The van der Waals surface area contributed by atoms with Crippen LogP contribution in [0.1, 0.15) is 11.1 Å². The molecule has 1 saturated heterocycles. The van der Waals surface area contributed by atoms with E-state index in [4.69, 9.17) is 5.73 Å². The second kappa shape index (κ2) is 7.05. The Morgan fingerprint density at radius 3 is 2.50 bits per heavy atom. The van der Waals surface area contributed by atoms with E-state index in [2.05, 4.69) is 65.4 Å². The van der Waals surface area contributed by atoms with Crippen molar-refractivity contribution in [3.05, 3.63) is 59.7 Å². The Morgan fingerprint density at radius 2 is 1.73 bits per heavy atom. The quantitative estimate of drug-likeness (QED) is 0.941. The largest absolute Gasteiger partial charge is 0.326 e. The van der Waals surface area contributed by atoms with Crippen LogP contribution in [0.4, 0.5) is 0 Å². The van der Waals surface area contributed by atoms with Crippen LogP contribution in [-0.4, -0.2) is 43.0 Å². The lowest BCUT2D eigenvalue weighted by molar-refractivity contribution is 0.148. The number of hydrogen-bond acceptors (Lipinski definition) is 3. The minimum absolute atomic E-state index is 0.592. The Labute approximate surface area is 133 Å². The molecule has 1 aliphatic rings. The average Bonchev–Trinajstić information content (AvgIpc) is 2.57. The minimum Gasteiger partial charge on any atom is -0.326 e. The van der Waals surface area contributed by atoms with Crippen LogP contribution >= 0.6 is 0 Å². The second-order valence-corrected chi connectivity index (χ2v) is 6.14. The zero-order valence-electron chi connectivity index (χ0n) is 13.3. The SMILES string of the molecule is CN1CCN(Cc2ccccc2-c2cccc(CN)c2)CC1. The summed E-state index contributed by atoms with van der Waals surface area (Å²) in [6.07, 6.45) is 0. The lowest BCUT2D eigenvalue weighted by Crippen LogP contribution is -2.43. The molecule has 1 heterocycles. The van der Waals surface area contributed by atoms with Gasteiger partial charge in [0, 0.05) is 39.3 Å². The highest BCUT2D eigenvalue weighted by atomic mass is 15.2. The number of hydrogen-bond donors (Lipinski definition) is 1. The van der Waals surface area contributed by atoms with Gasteiger partial charge in [-0.15, -0.1) is 0 Å². The first-order chi connectivity index (χ1) is 10.8. The Kier molecular flexibility index (Phi) is 4.88. The molecule has 3 rings (SSSR count). The van der Waals surface area contributed by atoms with Crippen LogP contribution in [0.3, 0.4) is 0 Å². The fraction of sp³-hybridized carbons (Fsp3) is 0.368. The van der Waals surface area contributed by atoms with E-state index in [1.807, 2.05) is 0 Å². The van der Waals surface area contributed by atoms with Crippen LogP contribution in [0.25, 0.3) is 11.1 Å². The smallest absolute Gasteiger partial charge is 0.0240 e. The summed E-state index contributed by atoms with van der Waals surface area (Å²) in [5.41, 5.74) is 11.0. The topological polar surface area (TPSA) is 32.5 Å². The van der Waals surface area contributed by atoms with E-state index in [1.165, 1.54) is 22.3 Å². The van der Waals surface area contributed by atoms with Crippen LogP contribution in [0.2, 0.25) is 0 Å². The number of rotatable bonds is 4. The molecular weight excluding hydrogens is 270 g/mol. The predicted molar refractivity (Wildman–Crippen MR) is 92.5 cm³/mol. The summed E-state index contributed by atoms with van der Waals surface area (Å²) >= 11 is 0. The first-order valence-corrected chi connectivity index (χ1v) is 8.04. The average molecular weight is 295 g/mol. The fourth-order valence-electron chi connectivity index (χ4n) is 3.05. The molecule has 0 bridgehead atoms. The van der Waals surface area contributed by atoms with Gasteiger partial charge in [-0.25, -0.2) is 0 Å². The maximum atomic E-state index is 5.78. The lowest BCUT2D eigenvalue weighted by Gasteiger charge is -2.32. The van der Waals surface area contributed by atoms with Crippen molar-refractivity contribution in [1.82, 2.24) is 9.80 Å². The zero-order valence-corrected chi connectivity index (χ0v) is 13.3. The van der Waals surface area contributed by atoms with Gasteiger partial charge in [-0.1, -0.05) is 42.5 Å². The van der Waals surface area contributed by atoms with Crippen LogP contribution in [0, 0.1) is 0 Å². The number of benzene rings is 2. The van der Waals surface area contributed by atoms with Crippen molar-refractivity contribution < 1.29 is 0 Å². The molecule has 0 amide bonds. The highest BCUT2D eigenvalue weighted by molar-refractivity contribution is 5.68. The van der Waals surface area contributed by atoms with E-state index < -0.39 is 0 Å². The zero-order chi connectivity index (χ0) is 15.4. The summed E-state index contributed by atoms with van der Waals surface area (Å²) in [5, 5.41) is 0. The molecule has 0 atom stereocenters. The van der Waals surface area contributed by atoms with Crippen molar-refractivity contribution in [2.45, 2.75) is 13.1 Å². The van der Waals surface area contributed by atoms with E-state index in [1.54, 1.807) is 0 Å². The molecule has 0 spiro atoms. The summed E-state index contributed by atoms with van der Waals surface area (Å²) in [5.74, 6) is 0. The molecule has 116 valence electrons. The van der Waals surface area contributed by atoms with Crippen molar-refractivity contribution in [3.63, 3.8) is 0 Å². The van der Waals surface area contributed by atoms with Gasteiger partial charge >= 0.3 is 0 Å². The molecule has 0 unspecified atom stereocenters. The fourth-order valence-corrected chi connectivity index (χ4v) is 3.05. The standard InChI is InChI=1S/C19H25N3/c1-21-9-11-22(12-10-21)15-18-6-2-3-8-19(18)17-7-4-5-16(13-17)14-20/h2-8,13H,9-12,14-15,20H2,1H3. The molecule has 3 nitrogen and oxygen atoms in total. The summed E-state index contributed by atoms with van der Waals surface area (Å²) in [7, 11) is 2.20. The molecule has 0 aromatic heterocycles. The molecule has 2 N–H and O–H groups in total. The van der Waals surface area contributed by atoms with Gasteiger partial charge in [0.2, 0.25) is 0 Å². The van der Waals surface area contributed by atoms with Crippen LogP contribution < -0.4 is 5.73 Å². The van der Waals surface area contributed by atoms with Gasteiger partial charge in [0.25, 0.3) is 0 Å². The van der Waals surface area contributed by atoms with Crippen molar-refractivity contribution in [2.75, 3.05) is 33.2 Å². The number of nitrogens with zero attached hydrogens (tertiary/aromatic N) is 2. The molecule has 2 aromatic carbocycles. The van der Waals surface area contributed by atoms with E-state index >= 15 is 0 Å². The van der Waals surface area contributed by atoms with Gasteiger partial charge < -0.3 is 10.6 Å². The van der Waals surface area contributed by atoms with Gasteiger partial charge in [-0.2, -0.15) is 0 Å². The molecule has 0 radical (unpaired) electrons. The summed E-state index contributed by atoms with van der Waals surface area (Å²) in [6, 6.07) is 17.3.